The lowest BCUT2D eigenvalue weighted by Crippen LogP contribution is -2.22. The predicted octanol–water partition coefficient (Wildman–Crippen LogP) is 4.58. The lowest BCUT2D eigenvalue weighted by Gasteiger charge is -2.12. The Morgan fingerprint density at radius 1 is 1.38 bits per heavy atom. The molecule has 1 saturated heterocycles. The highest BCUT2D eigenvalue weighted by molar-refractivity contribution is 7.99. The van der Waals surface area contributed by atoms with Crippen molar-refractivity contribution in [1.82, 2.24) is 9.55 Å². The van der Waals surface area contributed by atoms with Crippen molar-refractivity contribution in [2.45, 2.75) is 30.6 Å². The van der Waals surface area contributed by atoms with Gasteiger partial charge in [0.15, 0.2) is 5.16 Å². The van der Waals surface area contributed by atoms with Gasteiger partial charge in [0, 0.05) is 23.8 Å². The van der Waals surface area contributed by atoms with Gasteiger partial charge in [0.2, 0.25) is 0 Å². The van der Waals surface area contributed by atoms with E-state index >= 15 is 0 Å². The minimum Gasteiger partial charge on any atom is -0.377 e. The van der Waals surface area contributed by atoms with Crippen molar-refractivity contribution < 1.29 is 4.74 Å². The maximum Gasteiger partial charge on any atom is 0.272 e. The van der Waals surface area contributed by atoms with Crippen LogP contribution in [0.25, 0.3) is 20.7 Å². The molecular weight excluding hydrogens is 364 g/mol. The molecule has 6 heteroatoms. The van der Waals surface area contributed by atoms with Crippen LogP contribution < -0.4 is 5.56 Å². The summed E-state index contributed by atoms with van der Waals surface area (Å²) in [4.78, 5) is 18.9. The third kappa shape index (κ3) is 3.49. The largest absolute Gasteiger partial charge is 0.377 e. The Balaban J connectivity index is 1.73. The Hall–Kier alpha value is -1.89. The minimum absolute atomic E-state index is 0.0110. The Kier molecular flexibility index (Phi) is 5.24. The number of benzene rings is 1. The molecule has 4 nitrogen and oxygen atoms in total. The van der Waals surface area contributed by atoms with Crippen LogP contribution >= 0.6 is 23.1 Å². The van der Waals surface area contributed by atoms with E-state index in [0.29, 0.717) is 11.2 Å². The molecule has 1 aliphatic heterocycles. The van der Waals surface area contributed by atoms with Crippen molar-refractivity contribution in [2.24, 2.45) is 0 Å². The molecule has 0 amide bonds. The van der Waals surface area contributed by atoms with Gasteiger partial charge >= 0.3 is 0 Å². The average molecular weight is 385 g/mol. The third-order valence-corrected chi connectivity index (χ3v) is 6.66. The second-order valence-corrected chi connectivity index (χ2v) is 8.28. The number of nitrogens with zero attached hydrogens (tertiary/aromatic N) is 2. The number of hydrogen-bond donors (Lipinski definition) is 0. The first kappa shape index (κ1) is 17.5. The van der Waals surface area contributed by atoms with E-state index in [4.69, 9.17) is 9.72 Å². The predicted molar refractivity (Wildman–Crippen MR) is 109 cm³/mol. The van der Waals surface area contributed by atoms with Gasteiger partial charge in [-0.15, -0.1) is 17.9 Å². The molecule has 4 rings (SSSR count). The molecule has 0 radical (unpaired) electrons. The highest BCUT2D eigenvalue weighted by atomic mass is 32.2. The molecule has 1 aliphatic rings. The summed E-state index contributed by atoms with van der Waals surface area (Å²) in [6.07, 6.45) is 4.20. The van der Waals surface area contributed by atoms with Gasteiger partial charge < -0.3 is 4.74 Å². The van der Waals surface area contributed by atoms with Crippen LogP contribution in [0.5, 0.6) is 0 Å². The van der Waals surface area contributed by atoms with E-state index in [0.717, 1.165) is 46.3 Å². The number of fused-ring (bicyclic) bond motifs is 1. The summed E-state index contributed by atoms with van der Waals surface area (Å²) in [6.45, 7) is 5.09. The Morgan fingerprint density at radius 2 is 2.23 bits per heavy atom. The van der Waals surface area contributed by atoms with E-state index in [2.05, 4.69) is 18.7 Å². The summed E-state index contributed by atoms with van der Waals surface area (Å²) in [5.41, 5.74) is 1.89. The van der Waals surface area contributed by atoms with Crippen LogP contribution in [0.15, 0.2) is 59.0 Å². The SMILES string of the molecule is C=CCn1c(SC[C@H]2CCCO2)nc2cc(-c3ccccc3)sc2c1=O. The minimum atomic E-state index is 0.0110. The van der Waals surface area contributed by atoms with Gasteiger partial charge in [-0.05, 0) is 24.5 Å². The van der Waals surface area contributed by atoms with Crippen LogP contribution in [-0.2, 0) is 11.3 Å². The number of ether oxygens (including phenoxy) is 1. The Bertz CT molecular complexity index is 973. The highest BCUT2D eigenvalue weighted by Crippen LogP contribution is 2.32. The number of thioether (sulfide) groups is 1. The Morgan fingerprint density at radius 3 is 2.96 bits per heavy atom. The van der Waals surface area contributed by atoms with Crippen molar-refractivity contribution in [2.75, 3.05) is 12.4 Å². The second-order valence-electron chi connectivity index (χ2n) is 6.24. The zero-order valence-electron chi connectivity index (χ0n) is 14.4. The first-order chi connectivity index (χ1) is 12.8. The molecule has 0 saturated carbocycles. The van der Waals surface area contributed by atoms with Crippen LogP contribution in [0.2, 0.25) is 0 Å². The lowest BCUT2D eigenvalue weighted by molar-refractivity contribution is 0.129. The summed E-state index contributed by atoms with van der Waals surface area (Å²) in [5.74, 6) is 0.824. The van der Waals surface area contributed by atoms with Gasteiger partial charge in [0.05, 0.1) is 11.6 Å². The highest BCUT2D eigenvalue weighted by Gasteiger charge is 2.19. The molecule has 0 unspecified atom stereocenters. The van der Waals surface area contributed by atoms with Gasteiger partial charge in [0.1, 0.15) is 4.70 Å². The molecule has 26 heavy (non-hydrogen) atoms. The molecule has 0 aliphatic carbocycles. The van der Waals surface area contributed by atoms with E-state index in [-0.39, 0.29) is 11.7 Å². The average Bonchev–Trinajstić information content (AvgIpc) is 3.33. The fourth-order valence-corrected chi connectivity index (χ4v) is 5.20. The smallest absolute Gasteiger partial charge is 0.272 e. The molecule has 134 valence electrons. The van der Waals surface area contributed by atoms with E-state index in [1.165, 1.54) is 11.3 Å². The van der Waals surface area contributed by atoms with Crippen LogP contribution in [0.4, 0.5) is 0 Å². The van der Waals surface area contributed by atoms with Crippen LogP contribution in [0, 0.1) is 0 Å². The van der Waals surface area contributed by atoms with E-state index in [9.17, 15) is 4.79 Å². The number of aromatic nitrogens is 2. The summed E-state index contributed by atoms with van der Waals surface area (Å²) < 4.78 is 8.12. The van der Waals surface area contributed by atoms with Gasteiger partial charge in [-0.1, -0.05) is 48.2 Å². The van der Waals surface area contributed by atoms with Crippen molar-refractivity contribution >= 4 is 33.3 Å². The van der Waals surface area contributed by atoms with E-state index in [1.54, 1.807) is 22.4 Å². The monoisotopic (exact) mass is 384 g/mol. The standard InChI is InChI=1S/C20H20N2O2S2/c1-2-10-22-19(23)18-16(12-17(26-18)14-7-4-3-5-8-14)21-20(22)25-13-15-9-6-11-24-15/h2-5,7-8,12,15H,1,6,9-11,13H2/t15-/m1/s1. The summed E-state index contributed by atoms with van der Waals surface area (Å²) in [6, 6.07) is 12.1. The van der Waals surface area contributed by atoms with Gasteiger partial charge in [-0.3, -0.25) is 9.36 Å². The molecule has 0 spiro atoms. The Labute approximate surface area is 160 Å². The first-order valence-corrected chi connectivity index (χ1v) is 10.5. The molecule has 1 fully saturated rings. The summed E-state index contributed by atoms with van der Waals surface area (Å²) >= 11 is 3.11. The van der Waals surface area contributed by atoms with E-state index < -0.39 is 0 Å². The number of rotatable bonds is 6. The van der Waals surface area contributed by atoms with E-state index in [1.807, 2.05) is 24.3 Å². The maximum atomic E-state index is 13.0. The van der Waals surface area contributed by atoms with Crippen LogP contribution in [0.3, 0.4) is 0 Å². The molecule has 3 aromatic rings. The van der Waals surface area contributed by atoms with Crippen molar-refractivity contribution in [1.29, 1.82) is 0 Å². The summed E-state index contributed by atoms with van der Waals surface area (Å²) in [7, 11) is 0. The quantitative estimate of drug-likeness (QED) is 0.354. The third-order valence-electron chi connectivity index (χ3n) is 4.39. The normalized spacial score (nSPS) is 17.0. The van der Waals surface area contributed by atoms with Crippen LogP contribution in [0.1, 0.15) is 12.8 Å². The number of thiophene rings is 1. The van der Waals surface area contributed by atoms with Crippen molar-refractivity contribution in [3.8, 4) is 10.4 Å². The maximum absolute atomic E-state index is 13.0. The molecule has 1 atom stereocenters. The fourth-order valence-electron chi connectivity index (χ4n) is 3.08. The molecule has 1 aromatic carbocycles. The molecular formula is C20H20N2O2S2. The first-order valence-electron chi connectivity index (χ1n) is 8.71. The number of allylic oxidation sites excluding steroid dienone is 1. The molecule has 2 aromatic heterocycles. The second kappa shape index (κ2) is 7.78. The zero-order valence-corrected chi connectivity index (χ0v) is 16.0. The fraction of sp³-hybridized carbons (Fsp3) is 0.300. The summed E-state index contributed by atoms with van der Waals surface area (Å²) in [5, 5.41) is 0.746. The lowest BCUT2D eigenvalue weighted by atomic mass is 10.2. The van der Waals surface area contributed by atoms with Gasteiger partial charge in [-0.25, -0.2) is 4.98 Å². The number of hydrogen-bond acceptors (Lipinski definition) is 5. The topological polar surface area (TPSA) is 44.1 Å². The van der Waals surface area contributed by atoms with Gasteiger partial charge in [0.25, 0.3) is 5.56 Å². The van der Waals surface area contributed by atoms with Crippen molar-refractivity contribution in [3.63, 3.8) is 0 Å². The van der Waals surface area contributed by atoms with Crippen LogP contribution in [-0.4, -0.2) is 28.0 Å². The molecule has 0 bridgehead atoms. The molecule has 3 heterocycles. The molecule has 0 N–H and O–H groups in total. The van der Waals surface area contributed by atoms with Crippen molar-refractivity contribution in [3.05, 3.63) is 59.4 Å². The zero-order chi connectivity index (χ0) is 17.9. The van der Waals surface area contributed by atoms with Gasteiger partial charge in [-0.2, -0.15) is 0 Å².